The summed E-state index contributed by atoms with van der Waals surface area (Å²) in [6, 6.07) is 9.87. The van der Waals surface area contributed by atoms with Gasteiger partial charge in [-0.05, 0) is 67.6 Å². The summed E-state index contributed by atoms with van der Waals surface area (Å²) in [6.07, 6.45) is 8.00. The molecule has 1 aromatic carbocycles. The number of benzene rings is 1. The van der Waals surface area contributed by atoms with Crippen LogP contribution in [0.3, 0.4) is 0 Å². The van der Waals surface area contributed by atoms with E-state index in [9.17, 15) is 0 Å². The van der Waals surface area contributed by atoms with E-state index in [1.165, 1.54) is 44.1 Å². The van der Waals surface area contributed by atoms with E-state index in [4.69, 9.17) is 11.6 Å². The van der Waals surface area contributed by atoms with E-state index in [2.05, 4.69) is 37.4 Å². The molecule has 2 fully saturated rings. The van der Waals surface area contributed by atoms with Crippen LogP contribution in [-0.2, 0) is 0 Å². The maximum atomic E-state index is 6.07. The van der Waals surface area contributed by atoms with Gasteiger partial charge < -0.3 is 5.32 Å². The summed E-state index contributed by atoms with van der Waals surface area (Å²) in [6.45, 7) is 4.81. The van der Waals surface area contributed by atoms with Crippen LogP contribution in [0.4, 0.5) is 0 Å². The summed E-state index contributed by atoms with van der Waals surface area (Å²) < 4.78 is 0. The minimum absolute atomic E-state index is 0.571. The average molecular weight is 292 g/mol. The molecule has 0 spiro atoms. The standard InChI is InChI=1S/C18H26ClN/c1-18(2)8-6-16(7-9-18)20-17-11-14(12-17)13-4-3-5-15(19)10-13/h3-5,10,14,16-17,20H,6-9,11-12H2,1-2H3. The Morgan fingerprint density at radius 3 is 2.45 bits per heavy atom. The van der Waals surface area contributed by atoms with E-state index >= 15 is 0 Å². The van der Waals surface area contributed by atoms with Gasteiger partial charge in [0.05, 0.1) is 0 Å². The molecule has 0 amide bonds. The SMILES string of the molecule is CC1(C)CCC(NC2CC(c3cccc(Cl)c3)C2)CC1. The lowest BCUT2D eigenvalue weighted by molar-refractivity contribution is 0.174. The molecule has 0 saturated heterocycles. The number of hydrogen-bond acceptors (Lipinski definition) is 1. The summed E-state index contributed by atoms with van der Waals surface area (Å²) in [4.78, 5) is 0. The highest BCUT2D eigenvalue weighted by atomic mass is 35.5. The van der Waals surface area contributed by atoms with E-state index in [1.807, 2.05) is 6.07 Å². The fraction of sp³-hybridized carbons (Fsp3) is 0.667. The lowest BCUT2D eigenvalue weighted by Gasteiger charge is -2.42. The van der Waals surface area contributed by atoms with Crippen LogP contribution in [0.2, 0.25) is 5.02 Å². The third-order valence-electron chi connectivity index (χ3n) is 5.27. The van der Waals surface area contributed by atoms with Gasteiger partial charge in [0.25, 0.3) is 0 Å². The minimum Gasteiger partial charge on any atom is -0.311 e. The highest BCUT2D eigenvalue weighted by Crippen LogP contribution is 2.40. The molecule has 1 aromatic rings. The second-order valence-corrected chi connectivity index (χ2v) is 7.96. The number of nitrogens with one attached hydrogen (secondary N) is 1. The monoisotopic (exact) mass is 291 g/mol. The molecular formula is C18H26ClN. The molecule has 0 radical (unpaired) electrons. The van der Waals surface area contributed by atoms with Gasteiger partial charge in [-0.25, -0.2) is 0 Å². The van der Waals surface area contributed by atoms with E-state index in [1.54, 1.807) is 0 Å². The van der Waals surface area contributed by atoms with Crippen molar-refractivity contribution in [2.45, 2.75) is 70.4 Å². The zero-order valence-electron chi connectivity index (χ0n) is 12.7. The maximum Gasteiger partial charge on any atom is 0.0408 e. The van der Waals surface area contributed by atoms with Gasteiger partial charge in [0.1, 0.15) is 0 Å². The molecule has 20 heavy (non-hydrogen) atoms. The van der Waals surface area contributed by atoms with Crippen LogP contribution in [0.5, 0.6) is 0 Å². The molecule has 3 rings (SSSR count). The number of hydrogen-bond donors (Lipinski definition) is 1. The largest absolute Gasteiger partial charge is 0.311 e. The van der Waals surface area contributed by atoms with E-state index in [0.29, 0.717) is 11.3 Å². The first-order valence-corrected chi connectivity index (χ1v) is 8.41. The normalized spacial score (nSPS) is 29.9. The molecule has 0 atom stereocenters. The van der Waals surface area contributed by atoms with Crippen LogP contribution in [0.1, 0.15) is 63.9 Å². The van der Waals surface area contributed by atoms with Crippen LogP contribution in [0.25, 0.3) is 0 Å². The van der Waals surface area contributed by atoms with Crippen molar-refractivity contribution in [3.63, 3.8) is 0 Å². The fourth-order valence-corrected chi connectivity index (χ4v) is 3.88. The fourth-order valence-electron chi connectivity index (χ4n) is 3.69. The lowest BCUT2D eigenvalue weighted by Crippen LogP contribution is -2.47. The van der Waals surface area contributed by atoms with Crippen molar-refractivity contribution in [1.29, 1.82) is 0 Å². The van der Waals surface area contributed by atoms with Gasteiger partial charge in [-0.1, -0.05) is 37.6 Å². The first-order chi connectivity index (χ1) is 9.52. The Morgan fingerprint density at radius 2 is 1.80 bits per heavy atom. The van der Waals surface area contributed by atoms with Crippen molar-refractivity contribution < 1.29 is 0 Å². The van der Waals surface area contributed by atoms with Crippen molar-refractivity contribution in [3.05, 3.63) is 34.9 Å². The summed E-state index contributed by atoms with van der Waals surface area (Å²) in [5.41, 5.74) is 1.99. The van der Waals surface area contributed by atoms with Gasteiger partial charge in [-0.15, -0.1) is 0 Å². The highest BCUT2D eigenvalue weighted by molar-refractivity contribution is 6.30. The van der Waals surface area contributed by atoms with Gasteiger partial charge in [-0.3, -0.25) is 0 Å². The third kappa shape index (κ3) is 3.38. The Morgan fingerprint density at radius 1 is 1.10 bits per heavy atom. The second kappa shape index (κ2) is 5.69. The molecule has 0 bridgehead atoms. The summed E-state index contributed by atoms with van der Waals surface area (Å²) in [5, 5.41) is 4.74. The third-order valence-corrected chi connectivity index (χ3v) is 5.50. The molecule has 2 saturated carbocycles. The Balaban J connectivity index is 1.45. The van der Waals surface area contributed by atoms with Crippen molar-refractivity contribution in [3.8, 4) is 0 Å². The van der Waals surface area contributed by atoms with Gasteiger partial charge >= 0.3 is 0 Å². The Labute approximate surface area is 128 Å². The first kappa shape index (κ1) is 14.4. The molecular weight excluding hydrogens is 266 g/mol. The summed E-state index contributed by atoms with van der Waals surface area (Å²) in [7, 11) is 0. The molecule has 0 aliphatic heterocycles. The van der Waals surface area contributed by atoms with Crippen LogP contribution in [-0.4, -0.2) is 12.1 Å². The average Bonchev–Trinajstić information content (AvgIpc) is 2.35. The van der Waals surface area contributed by atoms with Gasteiger partial charge in [0.15, 0.2) is 0 Å². The summed E-state index contributed by atoms with van der Waals surface area (Å²) in [5.74, 6) is 0.714. The van der Waals surface area contributed by atoms with Crippen molar-refractivity contribution in [2.75, 3.05) is 0 Å². The zero-order chi connectivity index (χ0) is 14.2. The number of rotatable bonds is 3. The molecule has 1 N–H and O–H groups in total. The van der Waals surface area contributed by atoms with Crippen molar-refractivity contribution in [2.24, 2.45) is 5.41 Å². The quantitative estimate of drug-likeness (QED) is 0.812. The van der Waals surface area contributed by atoms with Crippen molar-refractivity contribution >= 4 is 11.6 Å². The first-order valence-electron chi connectivity index (χ1n) is 8.03. The molecule has 0 heterocycles. The molecule has 0 aromatic heterocycles. The van der Waals surface area contributed by atoms with Crippen LogP contribution in [0, 0.1) is 5.41 Å². The molecule has 2 heteroatoms. The number of halogens is 1. The van der Waals surface area contributed by atoms with Crippen LogP contribution in [0.15, 0.2) is 24.3 Å². The minimum atomic E-state index is 0.571. The predicted octanol–water partition coefficient (Wildman–Crippen LogP) is 5.14. The Kier molecular flexibility index (Phi) is 4.10. The molecule has 110 valence electrons. The molecule has 2 aliphatic carbocycles. The Hall–Kier alpha value is -0.530. The van der Waals surface area contributed by atoms with Gasteiger partial charge in [0, 0.05) is 17.1 Å². The lowest BCUT2D eigenvalue weighted by atomic mass is 9.73. The van der Waals surface area contributed by atoms with E-state index < -0.39 is 0 Å². The zero-order valence-corrected chi connectivity index (χ0v) is 13.4. The molecule has 1 nitrogen and oxygen atoms in total. The maximum absolute atomic E-state index is 6.07. The molecule has 0 unspecified atom stereocenters. The van der Waals surface area contributed by atoms with Gasteiger partial charge in [0.2, 0.25) is 0 Å². The summed E-state index contributed by atoms with van der Waals surface area (Å²) >= 11 is 6.07. The smallest absolute Gasteiger partial charge is 0.0408 e. The van der Waals surface area contributed by atoms with E-state index in [-0.39, 0.29) is 0 Å². The van der Waals surface area contributed by atoms with Crippen LogP contribution < -0.4 is 5.32 Å². The highest BCUT2D eigenvalue weighted by Gasteiger charge is 2.34. The predicted molar refractivity (Wildman–Crippen MR) is 86.4 cm³/mol. The Bertz CT molecular complexity index is 452. The second-order valence-electron chi connectivity index (χ2n) is 7.53. The van der Waals surface area contributed by atoms with Crippen LogP contribution >= 0.6 is 11.6 Å². The van der Waals surface area contributed by atoms with E-state index in [0.717, 1.165) is 17.1 Å². The van der Waals surface area contributed by atoms with Crippen molar-refractivity contribution in [1.82, 2.24) is 5.32 Å². The topological polar surface area (TPSA) is 12.0 Å². The van der Waals surface area contributed by atoms with Gasteiger partial charge in [-0.2, -0.15) is 0 Å². The molecule has 2 aliphatic rings.